The van der Waals surface area contributed by atoms with Crippen LogP contribution in [0.4, 0.5) is 0 Å². The zero-order valence-corrected chi connectivity index (χ0v) is 12.9. The summed E-state index contributed by atoms with van der Waals surface area (Å²) >= 11 is 0. The van der Waals surface area contributed by atoms with E-state index in [1.807, 2.05) is 58.1 Å². The van der Waals surface area contributed by atoms with E-state index >= 15 is 0 Å². The third-order valence-corrected chi connectivity index (χ3v) is 2.15. The van der Waals surface area contributed by atoms with Gasteiger partial charge in [0.2, 0.25) is 0 Å². The van der Waals surface area contributed by atoms with Crippen LogP contribution in [0.3, 0.4) is 0 Å². The van der Waals surface area contributed by atoms with Crippen molar-refractivity contribution < 1.29 is 0 Å². The fourth-order valence-corrected chi connectivity index (χ4v) is 0.720. The van der Waals surface area contributed by atoms with Crippen LogP contribution in [0.25, 0.3) is 0 Å². The van der Waals surface area contributed by atoms with Gasteiger partial charge in [0.25, 0.3) is 0 Å². The first-order valence-electron chi connectivity index (χ1n) is 6.34. The quantitative estimate of drug-likeness (QED) is 0.502. The molecule has 102 valence electrons. The van der Waals surface area contributed by atoms with E-state index in [1.54, 1.807) is 6.08 Å². The first kappa shape index (κ1) is 21.7. The van der Waals surface area contributed by atoms with E-state index in [9.17, 15) is 0 Å². The molecule has 0 N–H and O–H groups in total. The number of allylic oxidation sites excluding steroid dienone is 9. The summed E-state index contributed by atoms with van der Waals surface area (Å²) in [5.41, 5.74) is 2.55. The largest absolute Gasteiger partial charge is 0.0991 e. The SMILES string of the molecule is C=C/C(=C/C)CC.C=C/C=C/C.C=CC(C)=CC. The van der Waals surface area contributed by atoms with Crippen LogP contribution in [0.5, 0.6) is 0 Å². The summed E-state index contributed by atoms with van der Waals surface area (Å²) < 4.78 is 0. The average Bonchev–Trinajstić information content (AvgIpc) is 2.42. The lowest BCUT2D eigenvalue weighted by Gasteiger charge is -1.88. The highest BCUT2D eigenvalue weighted by Crippen LogP contribution is 1.98. The summed E-state index contributed by atoms with van der Waals surface area (Å²) in [5, 5.41) is 0. The fraction of sp³-hybridized carbons (Fsp3) is 0.333. The molecule has 0 saturated carbocycles. The highest BCUT2D eigenvalue weighted by Gasteiger charge is 1.77. The van der Waals surface area contributed by atoms with Crippen molar-refractivity contribution >= 4 is 0 Å². The van der Waals surface area contributed by atoms with E-state index in [4.69, 9.17) is 0 Å². The normalized spacial score (nSPS) is 10.7. The molecule has 0 atom stereocenters. The molecule has 0 radical (unpaired) electrons. The molecule has 0 aliphatic carbocycles. The molecule has 0 unspecified atom stereocenters. The van der Waals surface area contributed by atoms with Gasteiger partial charge in [-0.1, -0.05) is 80.3 Å². The first-order chi connectivity index (χ1) is 8.57. The monoisotopic (exact) mass is 246 g/mol. The van der Waals surface area contributed by atoms with Gasteiger partial charge >= 0.3 is 0 Å². The molecule has 0 rings (SSSR count). The Morgan fingerprint density at radius 3 is 1.50 bits per heavy atom. The zero-order valence-electron chi connectivity index (χ0n) is 12.9. The maximum atomic E-state index is 3.63. The predicted octanol–water partition coefficient (Wildman–Crippen LogP) is 6.42. The van der Waals surface area contributed by atoms with Gasteiger partial charge in [0, 0.05) is 0 Å². The molecule has 0 aliphatic heterocycles. The van der Waals surface area contributed by atoms with Gasteiger partial charge in [-0.2, -0.15) is 0 Å². The van der Waals surface area contributed by atoms with E-state index < -0.39 is 0 Å². The molecule has 0 fully saturated rings. The lowest BCUT2D eigenvalue weighted by atomic mass is 10.2. The van der Waals surface area contributed by atoms with Crippen LogP contribution in [0.2, 0.25) is 0 Å². The van der Waals surface area contributed by atoms with Crippen molar-refractivity contribution in [3.05, 3.63) is 73.4 Å². The van der Waals surface area contributed by atoms with Crippen LogP contribution in [0.15, 0.2) is 73.4 Å². The Morgan fingerprint density at radius 1 is 0.944 bits per heavy atom. The van der Waals surface area contributed by atoms with Crippen molar-refractivity contribution in [1.82, 2.24) is 0 Å². The smallest absolute Gasteiger partial charge is 0.0311 e. The topological polar surface area (TPSA) is 0 Å². The van der Waals surface area contributed by atoms with Crippen molar-refractivity contribution in [2.75, 3.05) is 0 Å². The molecule has 18 heavy (non-hydrogen) atoms. The Morgan fingerprint density at radius 2 is 1.50 bits per heavy atom. The van der Waals surface area contributed by atoms with Gasteiger partial charge in [0.15, 0.2) is 0 Å². The third-order valence-electron chi connectivity index (χ3n) is 2.15. The third kappa shape index (κ3) is 23.9. The highest BCUT2D eigenvalue weighted by atomic mass is 13.8. The van der Waals surface area contributed by atoms with Gasteiger partial charge < -0.3 is 0 Å². The molecule has 0 heterocycles. The summed E-state index contributed by atoms with van der Waals surface area (Å²) in [6.07, 6.45) is 14.5. The fourth-order valence-electron chi connectivity index (χ4n) is 0.720. The molecule has 0 nitrogen and oxygen atoms in total. The molecule has 0 saturated heterocycles. The van der Waals surface area contributed by atoms with E-state index in [0.29, 0.717) is 0 Å². The van der Waals surface area contributed by atoms with Crippen LogP contribution in [0, 0.1) is 0 Å². The molecular weight excluding hydrogens is 216 g/mol. The Hall–Kier alpha value is -1.56. The van der Waals surface area contributed by atoms with Crippen molar-refractivity contribution in [3.63, 3.8) is 0 Å². The zero-order chi connectivity index (χ0) is 14.8. The summed E-state index contributed by atoms with van der Waals surface area (Å²) in [6.45, 7) is 20.8. The minimum absolute atomic E-state index is 1.10. The minimum atomic E-state index is 1.10. The van der Waals surface area contributed by atoms with Crippen molar-refractivity contribution in [2.45, 2.75) is 41.0 Å². The number of rotatable bonds is 4. The molecule has 0 aromatic rings. The first-order valence-corrected chi connectivity index (χ1v) is 6.34. The molecule has 0 aromatic carbocycles. The van der Waals surface area contributed by atoms with Gasteiger partial charge in [-0.05, 0) is 34.1 Å². The minimum Gasteiger partial charge on any atom is -0.0991 e. The summed E-state index contributed by atoms with van der Waals surface area (Å²) in [5.74, 6) is 0. The van der Waals surface area contributed by atoms with E-state index in [1.165, 1.54) is 11.1 Å². The standard InChI is InChI=1S/C7H12.C6H10.C5H8/c1-4-7(5-2)6-3;1-4-6(3)5-2;1-3-5-4-2/h4-5H,1,6H2,2-3H3;4-5H,1H2,2-3H3;3-5H,1H2,2H3/b7-5-;;5-4+. The molecule has 0 heteroatoms. The Bertz CT molecular complexity index is 285. The Balaban J connectivity index is -0.000000190. The second-order valence-electron chi connectivity index (χ2n) is 3.42. The Labute approximate surface area is 115 Å². The molecule has 0 amide bonds. The molecule has 0 aliphatic rings. The van der Waals surface area contributed by atoms with Gasteiger partial charge in [0.1, 0.15) is 0 Å². The summed E-state index contributed by atoms with van der Waals surface area (Å²) in [4.78, 5) is 0. The van der Waals surface area contributed by atoms with Gasteiger partial charge in [0.05, 0.1) is 0 Å². The second-order valence-corrected chi connectivity index (χ2v) is 3.42. The predicted molar refractivity (Wildman–Crippen MR) is 88.9 cm³/mol. The molecular formula is C18H30. The Kier molecular flexibility index (Phi) is 25.1. The average molecular weight is 246 g/mol. The lowest BCUT2D eigenvalue weighted by Crippen LogP contribution is -1.67. The number of hydrogen-bond acceptors (Lipinski definition) is 0. The number of hydrogen-bond donors (Lipinski definition) is 0. The van der Waals surface area contributed by atoms with Crippen molar-refractivity contribution in [1.29, 1.82) is 0 Å². The maximum absolute atomic E-state index is 3.63. The lowest BCUT2D eigenvalue weighted by molar-refractivity contribution is 1.14. The van der Waals surface area contributed by atoms with E-state index in [2.05, 4.69) is 32.7 Å². The van der Waals surface area contributed by atoms with E-state index in [-0.39, 0.29) is 0 Å². The van der Waals surface area contributed by atoms with Gasteiger partial charge in [-0.25, -0.2) is 0 Å². The molecule has 0 bridgehead atoms. The van der Waals surface area contributed by atoms with Crippen LogP contribution >= 0.6 is 0 Å². The summed E-state index contributed by atoms with van der Waals surface area (Å²) in [6, 6.07) is 0. The van der Waals surface area contributed by atoms with Crippen LogP contribution in [-0.2, 0) is 0 Å². The molecule has 0 spiro atoms. The van der Waals surface area contributed by atoms with Gasteiger partial charge in [-0.15, -0.1) is 0 Å². The second kappa shape index (κ2) is 20.8. The van der Waals surface area contributed by atoms with Crippen LogP contribution < -0.4 is 0 Å². The van der Waals surface area contributed by atoms with Crippen LogP contribution in [-0.4, -0.2) is 0 Å². The highest BCUT2D eigenvalue weighted by molar-refractivity contribution is 5.13. The summed E-state index contributed by atoms with van der Waals surface area (Å²) in [7, 11) is 0. The van der Waals surface area contributed by atoms with Crippen molar-refractivity contribution in [3.8, 4) is 0 Å². The van der Waals surface area contributed by atoms with Crippen LogP contribution in [0.1, 0.15) is 41.0 Å². The molecule has 0 aromatic heterocycles. The maximum Gasteiger partial charge on any atom is -0.0311 e. The van der Waals surface area contributed by atoms with E-state index in [0.717, 1.165) is 6.42 Å². The van der Waals surface area contributed by atoms with Gasteiger partial charge in [-0.3, -0.25) is 0 Å². The van der Waals surface area contributed by atoms with Crippen molar-refractivity contribution in [2.24, 2.45) is 0 Å².